The number of aryl methyl sites for hydroxylation is 1. The molecule has 11 heteroatoms. The molecule has 0 saturated carbocycles. The molecule has 2 N–H and O–H groups in total. The molecule has 1 aliphatic heterocycles. The maximum atomic E-state index is 9.16. The third kappa shape index (κ3) is 5.32. The first kappa shape index (κ1) is 24.0. The van der Waals surface area contributed by atoms with Gasteiger partial charge in [-0.25, -0.2) is 15.0 Å². The standard InChI is InChI=1S/C23H30N6O4S/c1-15-24-20(13-21(25-15)29-7-5-28(6-8-29)9-10-30)27-23-26-17(14-34-23)16-11-18(31-2)22(33-4)19(12-16)32-3/h11-14,30H,5-10H2,1-4H3,(H,24,25,26,27). The van der Waals surface area contributed by atoms with Gasteiger partial charge in [0.05, 0.1) is 33.6 Å². The highest BCUT2D eigenvalue weighted by Gasteiger charge is 2.19. The molecule has 1 aromatic carbocycles. The summed E-state index contributed by atoms with van der Waals surface area (Å²) in [5.74, 6) is 3.98. The average Bonchev–Trinajstić information content (AvgIpc) is 3.31. The van der Waals surface area contributed by atoms with Crippen LogP contribution in [0.5, 0.6) is 17.2 Å². The van der Waals surface area contributed by atoms with Crippen molar-refractivity contribution in [3.8, 4) is 28.5 Å². The quantitative estimate of drug-likeness (QED) is 0.469. The van der Waals surface area contributed by atoms with Gasteiger partial charge < -0.3 is 29.5 Å². The normalized spacial score (nSPS) is 14.2. The Kier molecular flexibility index (Phi) is 7.66. The number of piperazine rings is 1. The summed E-state index contributed by atoms with van der Waals surface area (Å²) in [6, 6.07) is 5.71. The SMILES string of the molecule is COc1cc(-c2csc(Nc3cc(N4CCN(CCO)CC4)nc(C)n3)n2)cc(OC)c1OC. The third-order valence-electron chi connectivity index (χ3n) is 5.64. The predicted octanol–water partition coefficient (Wildman–Crippen LogP) is 2.79. The Bertz CT molecular complexity index is 1090. The molecule has 1 aliphatic rings. The van der Waals surface area contributed by atoms with Crippen molar-refractivity contribution in [1.29, 1.82) is 0 Å². The lowest BCUT2D eigenvalue weighted by Gasteiger charge is -2.35. The number of β-amino-alcohol motifs (C(OH)–C–C–N with tert-alkyl or cyclic N) is 1. The second kappa shape index (κ2) is 10.9. The van der Waals surface area contributed by atoms with E-state index in [2.05, 4.69) is 25.1 Å². The summed E-state index contributed by atoms with van der Waals surface area (Å²) in [6.45, 7) is 6.30. The zero-order valence-electron chi connectivity index (χ0n) is 19.9. The van der Waals surface area contributed by atoms with E-state index in [1.165, 1.54) is 11.3 Å². The first-order chi connectivity index (χ1) is 16.5. The molecule has 2 aromatic heterocycles. The molecule has 3 aromatic rings. The van der Waals surface area contributed by atoms with Crippen LogP contribution in [-0.4, -0.2) is 85.6 Å². The van der Waals surface area contributed by atoms with E-state index < -0.39 is 0 Å². The summed E-state index contributed by atoms with van der Waals surface area (Å²) < 4.78 is 16.3. The number of ether oxygens (including phenoxy) is 3. The number of nitrogens with zero attached hydrogens (tertiary/aromatic N) is 5. The molecule has 0 aliphatic carbocycles. The molecule has 0 atom stereocenters. The number of aliphatic hydroxyl groups is 1. The summed E-state index contributed by atoms with van der Waals surface area (Å²) in [5, 5.41) is 15.2. The van der Waals surface area contributed by atoms with Crippen LogP contribution in [0.25, 0.3) is 11.3 Å². The molecule has 0 unspecified atom stereocenters. The number of aromatic nitrogens is 3. The second-order valence-electron chi connectivity index (χ2n) is 7.79. The molecule has 1 fully saturated rings. The van der Waals surface area contributed by atoms with Crippen LogP contribution in [0.15, 0.2) is 23.6 Å². The highest BCUT2D eigenvalue weighted by molar-refractivity contribution is 7.14. The van der Waals surface area contributed by atoms with E-state index in [9.17, 15) is 0 Å². The lowest BCUT2D eigenvalue weighted by molar-refractivity contribution is 0.188. The predicted molar refractivity (Wildman–Crippen MR) is 133 cm³/mol. The van der Waals surface area contributed by atoms with Gasteiger partial charge in [0.2, 0.25) is 5.75 Å². The fraction of sp³-hybridized carbons (Fsp3) is 0.435. The van der Waals surface area contributed by atoms with Gasteiger partial charge in [-0.15, -0.1) is 11.3 Å². The third-order valence-corrected chi connectivity index (χ3v) is 6.39. The molecule has 0 amide bonds. The first-order valence-electron chi connectivity index (χ1n) is 11.0. The van der Waals surface area contributed by atoms with Crippen molar-refractivity contribution < 1.29 is 19.3 Å². The minimum atomic E-state index is 0.187. The Morgan fingerprint density at radius 3 is 2.29 bits per heavy atom. The van der Waals surface area contributed by atoms with Crippen molar-refractivity contribution in [2.24, 2.45) is 0 Å². The molecule has 0 bridgehead atoms. The molecular weight excluding hydrogens is 456 g/mol. The fourth-order valence-corrected chi connectivity index (χ4v) is 4.65. The number of thiazole rings is 1. The molecule has 3 heterocycles. The van der Waals surface area contributed by atoms with Crippen LogP contribution >= 0.6 is 11.3 Å². The zero-order valence-corrected chi connectivity index (χ0v) is 20.7. The molecule has 34 heavy (non-hydrogen) atoms. The highest BCUT2D eigenvalue weighted by Crippen LogP contribution is 2.41. The lowest BCUT2D eigenvalue weighted by Crippen LogP contribution is -2.47. The number of hydrogen-bond donors (Lipinski definition) is 2. The van der Waals surface area contributed by atoms with E-state index in [0.717, 1.165) is 48.4 Å². The van der Waals surface area contributed by atoms with E-state index in [1.54, 1.807) is 21.3 Å². The Hall–Kier alpha value is -3.15. The molecule has 10 nitrogen and oxygen atoms in total. The van der Waals surface area contributed by atoms with Crippen molar-refractivity contribution in [3.63, 3.8) is 0 Å². The van der Waals surface area contributed by atoms with Crippen molar-refractivity contribution in [2.75, 3.05) is 70.9 Å². The van der Waals surface area contributed by atoms with E-state index in [1.807, 2.05) is 30.5 Å². The number of rotatable bonds is 9. The summed E-state index contributed by atoms with van der Waals surface area (Å²) in [6.07, 6.45) is 0. The van der Waals surface area contributed by atoms with Crippen molar-refractivity contribution in [1.82, 2.24) is 19.9 Å². The Morgan fingerprint density at radius 1 is 0.971 bits per heavy atom. The molecule has 182 valence electrons. The lowest BCUT2D eigenvalue weighted by atomic mass is 10.1. The van der Waals surface area contributed by atoms with Crippen LogP contribution in [0.1, 0.15) is 5.82 Å². The maximum absolute atomic E-state index is 9.16. The minimum Gasteiger partial charge on any atom is -0.493 e. The van der Waals surface area contributed by atoms with Crippen molar-refractivity contribution in [2.45, 2.75) is 6.92 Å². The number of benzene rings is 1. The topological polar surface area (TPSA) is 105 Å². The average molecular weight is 487 g/mol. The fourth-order valence-electron chi connectivity index (χ4n) is 3.92. The van der Waals surface area contributed by atoms with E-state index in [4.69, 9.17) is 24.3 Å². The van der Waals surface area contributed by atoms with Gasteiger partial charge in [-0.3, -0.25) is 4.90 Å². The van der Waals surface area contributed by atoms with Gasteiger partial charge in [0, 0.05) is 49.7 Å². The first-order valence-corrected chi connectivity index (χ1v) is 11.9. The number of nitrogens with one attached hydrogen (secondary N) is 1. The maximum Gasteiger partial charge on any atom is 0.203 e. The van der Waals surface area contributed by atoms with Gasteiger partial charge in [0.1, 0.15) is 17.5 Å². The highest BCUT2D eigenvalue weighted by atomic mass is 32.1. The van der Waals surface area contributed by atoms with Crippen LogP contribution < -0.4 is 24.4 Å². The smallest absolute Gasteiger partial charge is 0.203 e. The number of aliphatic hydroxyl groups excluding tert-OH is 1. The van der Waals surface area contributed by atoms with E-state index >= 15 is 0 Å². The van der Waals surface area contributed by atoms with E-state index in [0.29, 0.717) is 35.4 Å². The van der Waals surface area contributed by atoms with Crippen LogP contribution in [0.2, 0.25) is 0 Å². The van der Waals surface area contributed by atoms with Gasteiger partial charge in [0.25, 0.3) is 0 Å². The number of methoxy groups -OCH3 is 3. The van der Waals surface area contributed by atoms with Crippen molar-refractivity contribution in [3.05, 3.63) is 29.4 Å². The molecule has 4 rings (SSSR count). The largest absolute Gasteiger partial charge is 0.493 e. The van der Waals surface area contributed by atoms with Gasteiger partial charge >= 0.3 is 0 Å². The second-order valence-corrected chi connectivity index (χ2v) is 8.65. The van der Waals surface area contributed by atoms with Gasteiger partial charge in [0.15, 0.2) is 16.6 Å². The number of anilines is 3. The molecule has 0 radical (unpaired) electrons. The Labute approximate surface area is 203 Å². The van der Waals surface area contributed by atoms with Crippen LogP contribution in [0.3, 0.4) is 0 Å². The molecule has 0 spiro atoms. The number of hydrogen-bond acceptors (Lipinski definition) is 11. The Morgan fingerprint density at radius 2 is 1.68 bits per heavy atom. The zero-order chi connectivity index (χ0) is 24.1. The van der Waals surface area contributed by atoms with Crippen LogP contribution in [0, 0.1) is 6.92 Å². The molecule has 1 saturated heterocycles. The van der Waals surface area contributed by atoms with Gasteiger partial charge in [-0.2, -0.15) is 0 Å². The van der Waals surface area contributed by atoms with Crippen LogP contribution in [0.4, 0.5) is 16.8 Å². The van der Waals surface area contributed by atoms with E-state index in [-0.39, 0.29) is 6.61 Å². The summed E-state index contributed by atoms with van der Waals surface area (Å²) in [4.78, 5) is 18.4. The summed E-state index contributed by atoms with van der Waals surface area (Å²) in [7, 11) is 4.77. The monoisotopic (exact) mass is 486 g/mol. The Balaban J connectivity index is 1.52. The van der Waals surface area contributed by atoms with Gasteiger partial charge in [-0.05, 0) is 19.1 Å². The van der Waals surface area contributed by atoms with Gasteiger partial charge in [-0.1, -0.05) is 0 Å². The summed E-state index contributed by atoms with van der Waals surface area (Å²) in [5.41, 5.74) is 1.65. The summed E-state index contributed by atoms with van der Waals surface area (Å²) >= 11 is 1.49. The molecular formula is C23H30N6O4S. The van der Waals surface area contributed by atoms with Crippen LogP contribution in [-0.2, 0) is 0 Å². The minimum absolute atomic E-state index is 0.187. The van der Waals surface area contributed by atoms with Crippen molar-refractivity contribution >= 4 is 28.1 Å².